The maximum Gasteiger partial charge on any atom is 0.315 e. The van der Waals surface area contributed by atoms with E-state index >= 15 is 0 Å². The molecule has 1 aromatic rings. The van der Waals surface area contributed by atoms with Gasteiger partial charge in [-0.15, -0.1) is 11.3 Å². The third-order valence-electron chi connectivity index (χ3n) is 5.03. The molecule has 6 heteroatoms. The smallest absolute Gasteiger partial charge is 0.315 e. The van der Waals surface area contributed by atoms with Gasteiger partial charge in [0.1, 0.15) is 5.92 Å². The van der Waals surface area contributed by atoms with Gasteiger partial charge >= 0.3 is 5.97 Å². The van der Waals surface area contributed by atoms with Crippen LogP contribution in [0, 0.1) is 18.3 Å². The number of aryl methyl sites for hydroxylation is 1. The highest BCUT2D eigenvalue weighted by molar-refractivity contribution is 9.10. The van der Waals surface area contributed by atoms with Gasteiger partial charge in [-0.25, -0.2) is 0 Å². The lowest BCUT2D eigenvalue weighted by Crippen LogP contribution is -2.39. The van der Waals surface area contributed by atoms with E-state index < -0.39 is 5.92 Å². The van der Waals surface area contributed by atoms with Crippen molar-refractivity contribution in [2.24, 2.45) is 16.3 Å². The standard InChI is InChI=1S/C20H24BrNO3S/c1-6-25-19(24)16-10(2)22-13-8-20(4,5)9-14(23)17(13)18(16)15-7-12(21)11(3)26-15/h7,16,18H,6,8-9H2,1-5H3/t16?,18-/m1/s1. The highest BCUT2D eigenvalue weighted by atomic mass is 79.9. The molecule has 0 fully saturated rings. The van der Waals surface area contributed by atoms with Gasteiger partial charge in [-0.05, 0) is 54.6 Å². The number of nitrogens with zero attached hydrogens (tertiary/aromatic N) is 1. The van der Waals surface area contributed by atoms with Crippen molar-refractivity contribution in [3.8, 4) is 0 Å². The molecule has 1 unspecified atom stereocenters. The van der Waals surface area contributed by atoms with Crippen LogP contribution < -0.4 is 0 Å². The van der Waals surface area contributed by atoms with Crippen molar-refractivity contribution in [2.45, 2.75) is 53.4 Å². The van der Waals surface area contributed by atoms with E-state index in [1.54, 1.807) is 18.3 Å². The topological polar surface area (TPSA) is 55.7 Å². The van der Waals surface area contributed by atoms with Crippen LogP contribution in [-0.4, -0.2) is 24.1 Å². The number of thiophene rings is 1. The summed E-state index contributed by atoms with van der Waals surface area (Å²) >= 11 is 5.19. The summed E-state index contributed by atoms with van der Waals surface area (Å²) in [5, 5.41) is 0. The van der Waals surface area contributed by atoms with Crippen molar-refractivity contribution in [1.29, 1.82) is 0 Å². The first-order chi connectivity index (χ1) is 12.1. The van der Waals surface area contributed by atoms with Gasteiger partial charge < -0.3 is 4.74 Å². The molecule has 0 radical (unpaired) electrons. The maximum atomic E-state index is 13.1. The quantitative estimate of drug-likeness (QED) is 0.610. The van der Waals surface area contributed by atoms with Crippen LogP contribution in [0.4, 0.5) is 0 Å². The SMILES string of the molecule is CCOC(=O)C1C(C)=NC2=C(C(=O)CC(C)(C)C2)[C@@H]1c1cc(Br)c(C)s1. The van der Waals surface area contributed by atoms with E-state index in [-0.39, 0.29) is 23.1 Å². The van der Waals surface area contributed by atoms with Gasteiger partial charge in [0.2, 0.25) is 0 Å². The van der Waals surface area contributed by atoms with E-state index in [2.05, 4.69) is 29.8 Å². The summed E-state index contributed by atoms with van der Waals surface area (Å²) in [6.07, 6.45) is 1.24. The van der Waals surface area contributed by atoms with E-state index in [4.69, 9.17) is 9.73 Å². The average Bonchev–Trinajstić information content (AvgIpc) is 2.83. The monoisotopic (exact) mass is 437 g/mol. The summed E-state index contributed by atoms with van der Waals surface area (Å²) < 4.78 is 6.34. The largest absolute Gasteiger partial charge is 0.465 e. The lowest BCUT2D eigenvalue weighted by molar-refractivity contribution is -0.146. The highest BCUT2D eigenvalue weighted by Crippen LogP contribution is 2.49. The molecule has 0 saturated heterocycles. The molecule has 2 atom stereocenters. The lowest BCUT2D eigenvalue weighted by Gasteiger charge is -2.38. The van der Waals surface area contributed by atoms with Gasteiger partial charge in [0.25, 0.3) is 0 Å². The molecular formula is C20H24BrNO3S. The van der Waals surface area contributed by atoms with E-state index in [9.17, 15) is 9.59 Å². The number of ether oxygens (including phenoxy) is 1. The van der Waals surface area contributed by atoms with Gasteiger partial charge in [-0.2, -0.15) is 0 Å². The summed E-state index contributed by atoms with van der Waals surface area (Å²) in [6, 6.07) is 2.03. The second-order valence-electron chi connectivity index (χ2n) is 7.81. The predicted molar refractivity (Wildman–Crippen MR) is 108 cm³/mol. The number of hydrogen-bond donors (Lipinski definition) is 0. The van der Waals surface area contributed by atoms with Crippen molar-refractivity contribution in [1.82, 2.24) is 0 Å². The zero-order valence-electron chi connectivity index (χ0n) is 15.8. The molecular weight excluding hydrogens is 414 g/mol. The van der Waals surface area contributed by atoms with Gasteiger partial charge in [0.05, 0.1) is 6.61 Å². The first-order valence-corrected chi connectivity index (χ1v) is 10.5. The number of ketones is 1. The number of hydrogen-bond acceptors (Lipinski definition) is 5. The Bertz CT molecular complexity index is 815. The Kier molecular flexibility index (Phi) is 5.28. The normalized spacial score (nSPS) is 25.0. The fourth-order valence-corrected chi connectivity index (χ4v) is 5.63. The first kappa shape index (κ1) is 19.5. The molecule has 1 aliphatic heterocycles. The summed E-state index contributed by atoms with van der Waals surface area (Å²) in [7, 11) is 0. The third kappa shape index (κ3) is 3.46. The van der Waals surface area contributed by atoms with Crippen LogP contribution in [0.1, 0.15) is 56.2 Å². The Balaban J connectivity index is 2.17. The van der Waals surface area contributed by atoms with Crippen molar-refractivity contribution in [2.75, 3.05) is 6.61 Å². The molecule has 140 valence electrons. The molecule has 0 saturated carbocycles. The maximum absolute atomic E-state index is 13.1. The van der Waals surface area contributed by atoms with Crippen LogP contribution in [0.15, 0.2) is 26.8 Å². The first-order valence-electron chi connectivity index (χ1n) is 8.88. The molecule has 0 amide bonds. The molecule has 4 nitrogen and oxygen atoms in total. The minimum Gasteiger partial charge on any atom is -0.465 e. The number of rotatable bonds is 3. The molecule has 0 N–H and O–H groups in total. The summed E-state index contributed by atoms with van der Waals surface area (Å²) in [5.74, 6) is -1.04. The summed E-state index contributed by atoms with van der Waals surface area (Å²) in [4.78, 5) is 32.7. The number of aliphatic imine (C=N–C) groups is 1. The van der Waals surface area contributed by atoms with E-state index in [1.807, 2.05) is 19.9 Å². The second kappa shape index (κ2) is 7.04. The zero-order chi connectivity index (χ0) is 19.2. The number of halogens is 1. The molecule has 26 heavy (non-hydrogen) atoms. The number of allylic oxidation sites excluding steroid dienone is 2. The Hall–Kier alpha value is -1.27. The van der Waals surface area contributed by atoms with Crippen molar-refractivity contribution >= 4 is 44.7 Å². The molecule has 1 aromatic heterocycles. The van der Waals surface area contributed by atoms with Crippen molar-refractivity contribution < 1.29 is 14.3 Å². The average molecular weight is 438 g/mol. The van der Waals surface area contributed by atoms with Crippen molar-refractivity contribution in [3.63, 3.8) is 0 Å². The highest BCUT2D eigenvalue weighted by Gasteiger charge is 2.46. The molecule has 2 heterocycles. The van der Waals surface area contributed by atoms with Gasteiger partial charge in [0, 0.05) is 43.5 Å². The van der Waals surface area contributed by atoms with Crippen LogP contribution in [0.2, 0.25) is 0 Å². The summed E-state index contributed by atoms with van der Waals surface area (Å²) in [5.41, 5.74) is 2.19. The third-order valence-corrected chi connectivity index (χ3v) is 7.25. The van der Waals surface area contributed by atoms with Gasteiger partial charge in [0.15, 0.2) is 5.78 Å². The number of Topliss-reactive ketones (excluding diaryl/α,β-unsaturated/α-hetero) is 1. The van der Waals surface area contributed by atoms with Gasteiger partial charge in [-0.1, -0.05) is 13.8 Å². The Morgan fingerprint density at radius 2 is 2.08 bits per heavy atom. The van der Waals surface area contributed by atoms with Crippen LogP contribution in [0.5, 0.6) is 0 Å². The molecule has 0 aromatic carbocycles. The van der Waals surface area contributed by atoms with Crippen LogP contribution >= 0.6 is 27.3 Å². The summed E-state index contributed by atoms with van der Waals surface area (Å²) in [6.45, 7) is 10.2. The van der Waals surface area contributed by atoms with E-state index in [0.717, 1.165) is 32.1 Å². The molecule has 3 rings (SSSR count). The Labute approximate surface area is 166 Å². The minimum absolute atomic E-state index is 0.104. The van der Waals surface area contributed by atoms with Crippen LogP contribution in [0.3, 0.4) is 0 Å². The fraction of sp³-hybridized carbons (Fsp3) is 0.550. The molecule has 0 spiro atoms. The Morgan fingerprint density at radius 3 is 2.65 bits per heavy atom. The Morgan fingerprint density at radius 1 is 1.38 bits per heavy atom. The van der Waals surface area contributed by atoms with Crippen LogP contribution in [0.25, 0.3) is 0 Å². The molecule has 1 aliphatic carbocycles. The number of carbonyl (C=O) groups is 2. The lowest BCUT2D eigenvalue weighted by atomic mass is 9.68. The van der Waals surface area contributed by atoms with E-state index in [1.165, 1.54) is 0 Å². The second-order valence-corrected chi connectivity index (χ2v) is 9.96. The van der Waals surface area contributed by atoms with E-state index in [0.29, 0.717) is 18.6 Å². The minimum atomic E-state index is -0.538. The number of carbonyl (C=O) groups excluding carboxylic acids is 2. The van der Waals surface area contributed by atoms with Crippen LogP contribution in [-0.2, 0) is 14.3 Å². The number of esters is 1. The van der Waals surface area contributed by atoms with Gasteiger partial charge in [-0.3, -0.25) is 14.6 Å². The van der Waals surface area contributed by atoms with Crippen molar-refractivity contribution in [3.05, 3.63) is 31.6 Å². The zero-order valence-corrected chi connectivity index (χ0v) is 18.2. The predicted octanol–water partition coefficient (Wildman–Crippen LogP) is 5.20. The molecule has 0 bridgehead atoms. The fourth-order valence-electron chi connectivity index (χ4n) is 3.92. The molecule has 2 aliphatic rings.